The van der Waals surface area contributed by atoms with Crippen molar-refractivity contribution >= 4 is 39.1 Å². The highest BCUT2D eigenvalue weighted by Crippen LogP contribution is 2.48. The summed E-state index contributed by atoms with van der Waals surface area (Å²) in [6, 6.07) is 9.88. The molecule has 0 unspecified atom stereocenters. The first-order valence-corrected chi connectivity index (χ1v) is 12.7. The number of nitrogens with zero attached hydrogens (tertiary/aromatic N) is 1. The number of sulfonamides is 1. The van der Waals surface area contributed by atoms with Crippen molar-refractivity contribution in [1.29, 1.82) is 0 Å². The van der Waals surface area contributed by atoms with Gasteiger partial charge in [0.25, 0.3) is 10.0 Å². The summed E-state index contributed by atoms with van der Waals surface area (Å²) in [5, 5.41) is 2.70. The van der Waals surface area contributed by atoms with Gasteiger partial charge in [-0.15, -0.1) is 0 Å². The van der Waals surface area contributed by atoms with E-state index >= 15 is 0 Å². The first-order chi connectivity index (χ1) is 15.7. The number of benzene rings is 2. The first kappa shape index (κ1) is 23.5. The van der Waals surface area contributed by atoms with Crippen LogP contribution in [0.3, 0.4) is 0 Å². The Labute approximate surface area is 197 Å². The highest BCUT2D eigenvalue weighted by molar-refractivity contribution is 7.92. The number of hydrogen-bond acceptors (Lipinski definition) is 4. The maximum absolute atomic E-state index is 13.3. The van der Waals surface area contributed by atoms with Crippen LogP contribution in [0, 0.1) is 5.82 Å². The fraction of sp³-hybridized carbons (Fsp3) is 0.391. The standard InChI is InChI=1S/C23H25ClFN3O4S/c24-19-15-18(8-9-20(19)25)33(31,32)27-17-6-4-16(5-7-17)23(10-11-23)22(30)26-12-2-14-28-13-1-3-21(28)29/h4-9,15,27H,1-3,10-14H2,(H,26,30). The molecule has 2 aromatic rings. The van der Waals surface area contributed by atoms with Gasteiger partial charge < -0.3 is 10.2 Å². The molecule has 176 valence electrons. The molecule has 1 aliphatic heterocycles. The Morgan fingerprint density at radius 2 is 1.88 bits per heavy atom. The molecule has 4 rings (SSSR count). The Balaban J connectivity index is 1.34. The lowest BCUT2D eigenvalue weighted by atomic mass is 9.95. The predicted molar refractivity (Wildman–Crippen MR) is 123 cm³/mol. The second-order valence-corrected chi connectivity index (χ2v) is 10.5. The minimum Gasteiger partial charge on any atom is -0.355 e. The van der Waals surface area contributed by atoms with Gasteiger partial charge in [0.1, 0.15) is 5.82 Å². The Hall–Kier alpha value is -2.65. The lowest BCUT2D eigenvalue weighted by molar-refractivity contribution is -0.127. The minimum absolute atomic E-state index is 0.0514. The summed E-state index contributed by atoms with van der Waals surface area (Å²) in [5.41, 5.74) is 0.555. The number of amides is 2. The topological polar surface area (TPSA) is 95.6 Å². The normalized spacial score (nSPS) is 17.2. The minimum atomic E-state index is -3.94. The summed E-state index contributed by atoms with van der Waals surface area (Å²) >= 11 is 5.69. The number of carbonyl (C=O) groups excluding carboxylic acids is 2. The maximum atomic E-state index is 13.3. The summed E-state index contributed by atoms with van der Waals surface area (Å²) in [4.78, 5) is 26.1. The quantitative estimate of drug-likeness (QED) is 0.523. The number of likely N-dealkylation sites (tertiary alicyclic amines) is 1. The molecule has 0 atom stereocenters. The van der Waals surface area contributed by atoms with Crippen LogP contribution < -0.4 is 10.0 Å². The van der Waals surface area contributed by atoms with E-state index in [1.807, 2.05) is 4.90 Å². The lowest BCUT2D eigenvalue weighted by Crippen LogP contribution is -2.36. The smallest absolute Gasteiger partial charge is 0.261 e. The largest absolute Gasteiger partial charge is 0.355 e. The number of hydrogen-bond donors (Lipinski definition) is 2. The number of anilines is 1. The lowest BCUT2D eigenvalue weighted by Gasteiger charge is -2.18. The first-order valence-electron chi connectivity index (χ1n) is 10.9. The zero-order chi connectivity index (χ0) is 23.6. The predicted octanol–water partition coefficient (Wildman–Crippen LogP) is 3.44. The van der Waals surface area contributed by atoms with Crippen LogP contribution in [0.2, 0.25) is 5.02 Å². The fourth-order valence-corrected chi connectivity index (χ4v) is 5.40. The molecular formula is C23H25ClFN3O4S. The summed E-state index contributed by atoms with van der Waals surface area (Å²) in [6.45, 7) is 1.95. The van der Waals surface area contributed by atoms with Gasteiger partial charge in [-0.2, -0.15) is 0 Å². The molecule has 1 aliphatic carbocycles. The zero-order valence-corrected chi connectivity index (χ0v) is 19.5. The van der Waals surface area contributed by atoms with E-state index in [4.69, 9.17) is 11.6 Å². The van der Waals surface area contributed by atoms with Crippen molar-refractivity contribution in [2.75, 3.05) is 24.4 Å². The van der Waals surface area contributed by atoms with Crippen molar-refractivity contribution in [3.05, 3.63) is 58.9 Å². The molecule has 2 amide bonds. The van der Waals surface area contributed by atoms with Gasteiger partial charge in [0.15, 0.2) is 0 Å². The van der Waals surface area contributed by atoms with E-state index in [-0.39, 0.29) is 21.7 Å². The molecule has 0 aromatic heterocycles. The second-order valence-electron chi connectivity index (χ2n) is 8.43. The molecule has 2 N–H and O–H groups in total. The molecule has 0 bridgehead atoms. The number of nitrogens with one attached hydrogen (secondary N) is 2. The van der Waals surface area contributed by atoms with Gasteiger partial charge in [0.2, 0.25) is 11.8 Å². The van der Waals surface area contributed by atoms with Gasteiger partial charge in [-0.3, -0.25) is 14.3 Å². The molecule has 2 aromatic carbocycles. The number of carbonyl (C=O) groups is 2. The molecule has 2 aliphatic rings. The average Bonchev–Trinajstić information content (AvgIpc) is 3.50. The highest BCUT2D eigenvalue weighted by atomic mass is 35.5. The zero-order valence-electron chi connectivity index (χ0n) is 17.9. The molecule has 33 heavy (non-hydrogen) atoms. The third-order valence-corrected chi connectivity index (χ3v) is 7.81. The molecule has 1 saturated heterocycles. The number of rotatable bonds is 9. The molecular weight excluding hydrogens is 469 g/mol. The molecule has 0 radical (unpaired) electrons. The Bertz CT molecular complexity index is 1170. The van der Waals surface area contributed by atoms with Crippen molar-refractivity contribution in [2.45, 2.75) is 42.4 Å². The van der Waals surface area contributed by atoms with E-state index in [2.05, 4.69) is 10.0 Å². The van der Waals surface area contributed by atoms with Crippen LogP contribution in [0.5, 0.6) is 0 Å². The average molecular weight is 494 g/mol. The fourth-order valence-electron chi connectivity index (χ4n) is 4.07. The van der Waals surface area contributed by atoms with Crippen LogP contribution in [-0.4, -0.2) is 44.8 Å². The van der Waals surface area contributed by atoms with Gasteiger partial charge >= 0.3 is 0 Å². The van der Waals surface area contributed by atoms with Crippen molar-refractivity contribution in [3.63, 3.8) is 0 Å². The van der Waals surface area contributed by atoms with E-state index in [1.165, 1.54) is 0 Å². The Morgan fingerprint density at radius 1 is 1.15 bits per heavy atom. The van der Waals surface area contributed by atoms with Crippen LogP contribution >= 0.6 is 11.6 Å². The Morgan fingerprint density at radius 3 is 2.48 bits per heavy atom. The van der Waals surface area contributed by atoms with Gasteiger partial charge in [0, 0.05) is 31.7 Å². The van der Waals surface area contributed by atoms with Crippen molar-refractivity contribution in [3.8, 4) is 0 Å². The SMILES string of the molecule is O=C1CCCN1CCCNC(=O)C1(c2ccc(NS(=O)(=O)c3ccc(F)c(Cl)c3)cc2)CC1. The third-order valence-electron chi connectivity index (χ3n) is 6.14. The summed E-state index contributed by atoms with van der Waals surface area (Å²) in [7, 11) is -3.94. The molecule has 1 saturated carbocycles. The molecule has 1 heterocycles. The molecule has 0 spiro atoms. The summed E-state index contributed by atoms with van der Waals surface area (Å²) in [5.74, 6) is -0.569. The van der Waals surface area contributed by atoms with E-state index < -0.39 is 21.3 Å². The van der Waals surface area contributed by atoms with Crippen LogP contribution in [0.15, 0.2) is 47.4 Å². The summed E-state index contributed by atoms with van der Waals surface area (Å²) < 4.78 is 40.9. The molecule has 10 heteroatoms. The van der Waals surface area contributed by atoms with Crippen molar-refractivity contribution < 1.29 is 22.4 Å². The van der Waals surface area contributed by atoms with E-state index in [1.54, 1.807) is 24.3 Å². The van der Waals surface area contributed by atoms with E-state index in [0.29, 0.717) is 31.6 Å². The van der Waals surface area contributed by atoms with Gasteiger partial charge in [0.05, 0.1) is 15.3 Å². The number of halogens is 2. The van der Waals surface area contributed by atoms with E-state index in [0.717, 1.165) is 49.6 Å². The van der Waals surface area contributed by atoms with Crippen LogP contribution in [0.25, 0.3) is 0 Å². The summed E-state index contributed by atoms with van der Waals surface area (Å²) in [6.07, 6.45) is 3.67. The van der Waals surface area contributed by atoms with Crippen molar-refractivity contribution in [2.24, 2.45) is 0 Å². The van der Waals surface area contributed by atoms with Gasteiger partial charge in [-0.05, 0) is 61.6 Å². The van der Waals surface area contributed by atoms with Gasteiger partial charge in [-0.25, -0.2) is 12.8 Å². The van der Waals surface area contributed by atoms with Crippen LogP contribution in [0.4, 0.5) is 10.1 Å². The maximum Gasteiger partial charge on any atom is 0.261 e. The monoisotopic (exact) mass is 493 g/mol. The van der Waals surface area contributed by atoms with Gasteiger partial charge in [-0.1, -0.05) is 23.7 Å². The molecule has 2 fully saturated rings. The Kier molecular flexibility index (Phi) is 6.63. The third kappa shape index (κ3) is 5.14. The van der Waals surface area contributed by atoms with Crippen LogP contribution in [0.1, 0.15) is 37.7 Å². The molecule has 7 nitrogen and oxygen atoms in total. The van der Waals surface area contributed by atoms with Crippen molar-refractivity contribution in [1.82, 2.24) is 10.2 Å². The second kappa shape index (κ2) is 9.30. The highest BCUT2D eigenvalue weighted by Gasteiger charge is 2.51. The van der Waals surface area contributed by atoms with Crippen LogP contribution in [-0.2, 0) is 25.0 Å². The van der Waals surface area contributed by atoms with E-state index in [9.17, 15) is 22.4 Å².